The largest absolute Gasteiger partial charge is 0.397 e. The molecule has 0 aliphatic rings. The van der Waals surface area contributed by atoms with Crippen molar-refractivity contribution < 1.29 is 8.78 Å². The molecule has 2 heterocycles. The van der Waals surface area contributed by atoms with Crippen molar-refractivity contribution >= 4 is 5.69 Å². The van der Waals surface area contributed by atoms with Crippen LogP contribution in [0.3, 0.4) is 0 Å². The highest BCUT2D eigenvalue weighted by Gasteiger charge is 2.14. The van der Waals surface area contributed by atoms with Crippen LogP contribution in [0.4, 0.5) is 14.5 Å². The van der Waals surface area contributed by atoms with Crippen molar-refractivity contribution in [2.45, 2.75) is 6.43 Å². The summed E-state index contributed by atoms with van der Waals surface area (Å²) in [6.45, 7) is 0. The molecule has 2 N–H and O–H groups in total. The third kappa shape index (κ3) is 1.98. The van der Waals surface area contributed by atoms with Crippen molar-refractivity contribution in [1.82, 2.24) is 9.97 Å². The normalized spacial score (nSPS) is 10.7. The van der Waals surface area contributed by atoms with E-state index in [2.05, 4.69) is 9.97 Å². The average molecular weight is 221 g/mol. The first kappa shape index (κ1) is 10.5. The molecule has 0 aliphatic heterocycles. The van der Waals surface area contributed by atoms with E-state index >= 15 is 0 Å². The minimum absolute atomic E-state index is 0.00723. The van der Waals surface area contributed by atoms with Gasteiger partial charge in [-0.25, -0.2) is 13.8 Å². The molecule has 0 spiro atoms. The minimum atomic E-state index is -2.67. The first-order chi connectivity index (χ1) is 7.68. The van der Waals surface area contributed by atoms with E-state index in [0.29, 0.717) is 5.69 Å². The maximum absolute atomic E-state index is 12.6. The van der Waals surface area contributed by atoms with E-state index in [0.717, 1.165) is 5.56 Å². The Bertz CT molecular complexity index is 486. The fraction of sp³-hybridized carbons (Fsp3) is 0.0909. The summed E-state index contributed by atoms with van der Waals surface area (Å²) in [6.07, 6.45) is 0.493. The lowest BCUT2D eigenvalue weighted by molar-refractivity contribution is 0.147. The van der Waals surface area contributed by atoms with Gasteiger partial charge in [-0.3, -0.25) is 4.98 Å². The van der Waals surface area contributed by atoms with E-state index < -0.39 is 6.43 Å². The molecule has 0 saturated heterocycles. The van der Waals surface area contributed by atoms with Crippen LogP contribution >= 0.6 is 0 Å². The molecular formula is C11H9F2N3. The molecule has 0 radical (unpaired) electrons. The summed E-state index contributed by atoms with van der Waals surface area (Å²) in [4.78, 5) is 7.68. The van der Waals surface area contributed by atoms with E-state index in [9.17, 15) is 8.78 Å². The lowest BCUT2D eigenvalue weighted by atomic mass is 10.1. The lowest BCUT2D eigenvalue weighted by Gasteiger charge is -2.06. The summed E-state index contributed by atoms with van der Waals surface area (Å²) in [7, 11) is 0. The van der Waals surface area contributed by atoms with Crippen LogP contribution in [0.1, 0.15) is 12.1 Å². The van der Waals surface area contributed by atoms with Gasteiger partial charge in [-0.2, -0.15) is 0 Å². The molecule has 0 aromatic carbocycles. The summed E-state index contributed by atoms with van der Waals surface area (Å²) in [5, 5.41) is 0. The second kappa shape index (κ2) is 4.22. The maximum atomic E-state index is 12.6. The Morgan fingerprint density at radius 3 is 2.38 bits per heavy atom. The van der Waals surface area contributed by atoms with Gasteiger partial charge in [0.2, 0.25) is 0 Å². The van der Waals surface area contributed by atoms with Crippen LogP contribution in [0.15, 0.2) is 36.7 Å². The van der Waals surface area contributed by atoms with E-state index in [1.165, 1.54) is 6.07 Å². The van der Waals surface area contributed by atoms with Crippen LogP contribution in [0.25, 0.3) is 11.3 Å². The zero-order chi connectivity index (χ0) is 11.5. The Morgan fingerprint density at radius 1 is 1.06 bits per heavy atom. The van der Waals surface area contributed by atoms with Crippen molar-refractivity contribution in [2.75, 3.05) is 5.73 Å². The highest BCUT2D eigenvalue weighted by molar-refractivity contribution is 5.61. The molecular weight excluding hydrogens is 212 g/mol. The van der Waals surface area contributed by atoms with Gasteiger partial charge >= 0.3 is 0 Å². The molecule has 16 heavy (non-hydrogen) atoms. The number of pyridine rings is 2. The lowest BCUT2D eigenvalue weighted by Crippen LogP contribution is -1.99. The first-order valence-corrected chi connectivity index (χ1v) is 4.63. The van der Waals surface area contributed by atoms with Gasteiger partial charge in [0.05, 0.1) is 11.4 Å². The van der Waals surface area contributed by atoms with E-state index in [1.807, 2.05) is 0 Å². The summed E-state index contributed by atoms with van der Waals surface area (Å²) in [5.41, 5.74) is 6.24. The molecule has 0 amide bonds. The Kier molecular flexibility index (Phi) is 2.76. The van der Waals surface area contributed by atoms with Gasteiger partial charge in [-0.15, -0.1) is 0 Å². The molecule has 0 saturated carbocycles. The number of anilines is 1. The molecule has 0 fully saturated rings. The third-order valence-electron chi connectivity index (χ3n) is 2.14. The molecule has 2 aromatic heterocycles. The number of nitrogens with zero attached hydrogens (tertiary/aromatic N) is 2. The van der Waals surface area contributed by atoms with E-state index in [-0.39, 0.29) is 11.4 Å². The standard InChI is InChI=1S/C11H9F2N3/c12-11(13)10-8(14)1-2-9(16-10)7-3-5-15-6-4-7/h1-6,11H,14H2. The van der Waals surface area contributed by atoms with Gasteiger partial charge in [0.15, 0.2) is 0 Å². The van der Waals surface area contributed by atoms with Gasteiger partial charge < -0.3 is 5.73 Å². The number of nitrogen functional groups attached to an aromatic ring is 1. The average Bonchev–Trinajstić information content (AvgIpc) is 2.30. The molecule has 3 nitrogen and oxygen atoms in total. The maximum Gasteiger partial charge on any atom is 0.282 e. The second-order valence-corrected chi connectivity index (χ2v) is 3.21. The number of aromatic nitrogens is 2. The topological polar surface area (TPSA) is 51.8 Å². The van der Waals surface area contributed by atoms with Gasteiger partial charge in [0.25, 0.3) is 6.43 Å². The quantitative estimate of drug-likeness (QED) is 0.848. The molecule has 2 aromatic rings. The Labute approximate surface area is 91.0 Å². The molecule has 0 bridgehead atoms. The van der Waals surface area contributed by atoms with E-state index in [4.69, 9.17) is 5.73 Å². The molecule has 82 valence electrons. The monoisotopic (exact) mass is 221 g/mol. The summed E-state index contributed by atoms with van der Waals surface area (Å²) >= 11 is 0. The van der Waals surface area contributed by atoms with Crippen LogP contribution in [0, 0.1) is 0 Å². The molecule has 0 unspecified atom stereocenters. The van der Waals surface area contributed by atoms with Gasteiger partial charge in [-0.05, 0) is 24.3 Å². The Balaban J connectivity index is 2.48. The van der Waals surface area contributed by atoms with Gasteiger partial charge in [-0.1, -0.05) is 0 Å². The van der Waals surface area contributed by atoms with Crippen LogP contribution in [-0.2, 0) is 0 Å². The molecule has 5 heteroatoms. The van der Waals surface area contributed by atoms with Crippen molar-refractivity contribution in [3.8, 4) is 11.3 Å². The zero-order valence-corrected chi connectivity index (χ0v) is 8.27. The highest BCUT2D eigenvalue weighted by atomic mass is 19.3. The fourth-order valence-electron chi connectivity index (χ4n) is 1.34. The predicted octanol–water partition coefficient (Wildman–Crippen LogP) is 2.66. The summed E-state index contributed by atoms with van der Waals surface area (Å²) in [6, 6.07) is 6.45. The Morgan fingerprint density at radius 2 is 1.75 bits per heavy atom. The number of hydrogen-bond acceptors (Lipinski definition) is 3. The van der Waals surface area contributed by atoms with Gasteiger partial charge in [0.1, 0.15) is 5.69 Å². The van der Waals surface area contributed by atoms with Crippen molar-refractivity contribution in [3.05, 3.63) is 42.4 Å². The van der Waals surface area contributed by atoms with Crippen LogP contribution in [0.5, 0.6) is 0 Å². The van der Waals surface area contributed by atoms with Crippen molar-refractivity contribution in [2.24, 2.45) is 0 Å². The SMILES string of the molecule is Nc1ccc(-c2ccncc2)nc1C(F)F. The second-order valence-electron chi connectivity index (χ2n) is 3.21. The summed E-state index contributed by atoms with van der Waals surface area (Å²) in [5.74, 6) is 0. The Hall–Kier alpha value is -2.04. The first-order valence-electron chi connectivity index (χ1n) is 4.63. The van der Waals surface area contributed by atoms with Crippen LogP contribution < -0.4 is 5.73 Å². The number of hydrogen-bond donors (Lipinski definition) is 1. The summed E-state index contributed by atoms with van der Waals surface area (Å²) < 4.78 is 25.1. The van der Waals surface area contributed by atoms with Gasteiger partial charge in [0, 0.05) is 18.0 Å². The number of alkyl halides is 2. The third-order valence-corrected chi connectivity index (χ3v) is 2.14. The number of nitrogens with two attached hydrogens (primary N) is 1. The predicted molar refractivity (Wildman–Crippen MR) is 56.8 cm³/mol. The fourth-order valence-corrected chi connectivity index (χ4v) is 1.34. The van der Waals surface area contributed by atoms with Crippen molar-refractivity contribution in [1.29, 1.82) is 0 Å². The highest BCUT2D eigenvalue weighted by Crippen LogP contribution is 2.26. The van der Waals surface area contributed by atoms with Crippen LogP contribution in [-0.4, -0.2) is 9.97 Å². The zero-order valence-electron chi connectivity index (χ0n) is 8.27. The van der Waals surface area contributed by atoms with E-state index in [1.54, 1.807) is 30.6 Å². The number of halogens is 2. The van der Waals surface area contributed by atoms with Crippen LogP contribution in [0.2, 0.25) is 0 Å². The molecule has 0 atom stereocenters. The molecule has 2 rings (SSSR count). The molecule has 0 aliphatic carbocycles. The number of rotatable bonds is 2. The smallest absolute Gasteiger partial charge is 0.282 e. The van der Waals surface area contributed by atoms with Crippen molar-refractivity contribution in [3.63, 3.8) is 0 Å². The minimum Gasteiger partial charge on any atom is -0.397 e.